The summed E-state index contributed by atoms with van der Waals surface area (Å²) >= 11 is 0. The lowest BCUT2D eigenvalue weighted by atomic mass is 10.2. The van der Waals surface area contributed by atoms with E-state index in [1.54, 1.807) is 29.2 Å². The van der Waals surface area contributed by atoms with Gasteiger partial charge in [0.1, 0.15) is 13.2 Å². The highest BCUT2D eigenvalue weighted by molar-refractivity contribution is 6.01. The number of pyridine rings is 1. The number of aromatic nitrogens is 3. The molecule has 3 aromatic rings. The molecule has 0 fully saturated rings. The van der Waals surface area contributed by atoms with Gasteiger partial charge >= 0.3 is 0 Å². The first-order chi connectivity index (χ1) is 13.3. The van der Waals surface area contributed by atoms with E-state index in [1.807, 2.05) is 36.4 Å². The van der Waals surface area contributed by atoms with Crippen LogP contribution in [-0.4, -0.2) is 33.9 Å². The third kappa shape index (κ3) is 4.33. The summed E-state index contributed by atoms with van der Waals surface area (Å²) in [6.07, 6.45) is 6.72. The van der Waals surface area contributed by atoms with Crippen LogP contribution in [-0.2, 0) is 11.3 Å². The molecule has 0 saturated carbocycles. The summed E-state index contributed by atoms with van der Waals surface area (Å²) in [5.41, 5.74) is 1.76. The van der Waals surface area contributed by atoms with Crippen molar-refractivity contribution in [2.24, 2.45) is 0 Å². The zero-order valence-corrected chi connectivity index (χ0v) is 14.5. The molecule has 0 atom stereocenters. The minimum atomic E-state index is -0.257. The van der Waals surface area contributed by atoms with E-state index in [0.717, 1.165) is 17.0 Å². The van der Waals surface area contributed by atoms with Crippen molar-refractivity contribution in [2.45, 2.75) is 6.54 Å². The zero-order valence-electron chi connectivity index (χ0n) is 14.5. The van der Waals surface area contributed by atoms with Crippen LogP contribution >= 0.6 is 0 Å². The smallest absolute Gasteiger partial charge is 0.249 e. The molecule has 27 heavy (non-hydrogen) atoms. The Morgan fingerprint density at radius 2 is 2.04 bits per heavy atom. The molecule has 7 heteroatoms. The number of hydrogen-bond donors (Lipinski definition) is 1. The molecule has 1 amide bonds. The van der Waals surface area contributed by atoms with E-state index in [2.05, 4.69) is 15.4 Å². The summed E-state index contributed by atoms with van der Waals surface area (Å²) in [7, 11) is 0. The van der Waals surface area contributed by atoms with E-state index in [-0.39, 0.29) is 5.91 Å². The van der Waals surface area contributed by atoms with Gasteiger partial charge in [-0.3, -0.25) is 14.5 Å². The second-order valence-electron chi connectivity index (χ2n) is 5.95. The van der Waals surface area contributed by atoms with E-state index >= 15 is 0 Å². The number of amides is 1. The molecule has 0 spiro atoms. The van der Waals surface area contributed by atoms with Gasteiger partial charge in [-0.05, 0) is 35.9 Å². The first-order valence-electron chi connectivity index (χ1n) is 8.58. The average Bonchev–Trinajstić information content (AvgIpc) is 3.13. The van der Waals surface area contributed by atoms with Gasteiger partial charge < -0.3 is 14.8 Å². The van der Waals surface area contributed by atoms with Crippen LogP contribution in [0.25, 0.3) is 6.08 Å². The maximum atomic E-state index is 12.1. The van der Waals surface area contributed by atoms with Crippen molar-refractivity contribution in [3.8, 4) is 11.5 Å². The topological polar surface area (TPSA) is 78.3 Å². The summed E-state index contributed by atoms with van der Waals surface area (Å²) < 4.78 is 12.8. The van der Waals surface area contributed by atoms with Crippen LogP contribution in [0.5, 0.6) is 11.5 Å². The molecule has 0 radical (unpaired) electrons. The SMILES string of the molecule is O=C(/C=C/c1ccc2c(c1)OCCO2)Nc1ccn(Cc2ccccn2)n1. The third-order valence-corrected chi connectivity index (χ3v) is 3.94. The second-order valence-corrected chi connectivity index (χ2v) is 5.95. The Morgan fingerprint density at radius 1 is 1.15 bits per heavy atom. The lowest BCUT2D eigenvalue weighted by molar-refractivity contribution is -0.111. The predicted molar refractivity (Wildman–Crippen MR) is 101 cm³/mol. The van der Waals surface area contributed by atoms with Crippen LogP contribution in [0.2, 0.25) is 0 Å². The van der Waals surface area contributed by atoms with Crippen LogP contribution in [0.15, 0.2) is 60.9 Å². The number of nitrogens with zero attached hydrogens (tertiary/aromatic N) is 3. The van der Waals surface area contributed by atoms with E-state index in [1.165, 1.54) is 6.08 Å². The predicted octanol–water partition coefficient (Wildman–Crippen LogP) is 2.75. The Balaban J connectivity index is 1.36. The van der Waals surface area contributed by atoms with Crippen molar-refractivity contribution < 1.29 is 14.3 Å². The molecule has 0 bridgehead atoms. The summed E-state index contributed by atoms with van der Waals surface area (Å²) in [6.45, 7) is 1.63. The molecule has 7 nitrogen and oxygen atoms in total. The van der Waals surface area contributed by atoms with Gasteiger partial charge in [-0.2, -0.15) is 5.10 Å². The number of benzene rings is 1. The van der Waals surface area contributed by atoms with Gasteiger partial charge in [0.15, 0.2) is 17.3 Å². The van der Waals surface area contributed by atoms with E-state index in [4.69, 9.17) is 9.47 Å². The third-order valence-electron chi connectivity index (χ3n) is 3.94. The quantitative estimate of drug-likeness (QED) is 0.706. The molecule has 0 unspecified atom stereocenters. The zero-order chi connectivity index (χ0) is 18.5. The van der Waals surface area contributed by atoms with Crippen molar-refractivity contribution in [3.63, 3.8) is 0 Å². The number of hydrogen-bond acceptors (Lipinski definition) is 5. The first kappa shape index (κ1) is 16.8. The summed E-state index contributed by atoms with van der Waals surface area (Å²) in [6, 6.07) is 13.0. The standard InChI is InChI=1S/C20H18N4O3/c25-20(7-5-15-4-6-17-18(13-15)27-12-11-26-17)22-19-8-10-24(23-19)14-16-3-1-2-9-21-16/h1-10,13H,11-12,14H2,(H,22,23,25)/b7-5+. The van der Waals surface area contributed by atoms with Gasteiger partial charge in [-0.1, -0.05) is 12.1 Å². The molecule has 1 N–H and O–H groups in total. The molecule has 0 saturated heterocycles. The number of rotatable bonds is 5. The van der Waals surface area contributed by atoms with Crippen molar-refractivity contribution in [2.75, 3.05) is 18.5 Å². The second kappa shape index (κ2) is 7.74. The molecule has 1 aliphatic rings. The fourth-order valence-corrected chi connectivity index (χ4v) is 2.68. The van der Waals surface area contributed by atoms with Gasteiger partial charge in [0, 0.05) is 24.5 Å². The Hall–Kier alpha value is -3.61. The molecular weight excluding hydrogens is 344 g/mol. The number of ether oxygens (including phenoxy) is 2. The Kier molecular flexibility index (Phi) is 4.82. The van der Waals surface area contributed by atoms with Crippen molar-refractivity contribution >= 4 is 17.8 Å². The van der Waals surface area contributed by atoms with Gasteiger partial charge in [0.2, 0.25) is 5.91 Å². The van der Waals surface area contributed by atoms with Crippen LogP contribution in [0.4, 0.5) is 5.82 Å². The molecular formula is C20H18N4O3. The Bertz CT molecular complexity index is 966. The average molecular weight is 362 g/mol. The van der Waals surface area contributed by atoms with Crippen LogP contribution in [0.1, 0.15) is 11.3 Å². The minimum absolute atomic E-state index is 0.257. The number of nitrogens with one attached hydrogen (secondary N) is 1. The number of anilines is 1. The lowest BCUT2D eigenvalue weighted by Gasteiger charge is -2.18. The molecule has 1 aliphatic heterocycles. The van der Waals surface area contributed by atoms with Crippen molar-refractivity contribution in [3.05, 3.63) is 72.2 Å². The highest BCUT2D eigenvalue weighted by Crippen LogP contribution is 2.31. The van der Waals surface area contributed by atoms with Crippen LogP contribution in [0, 0.1) is 0 Å². The largest absolute Gasteiger partial charge is 0.486 e. The highest BCUT2D eigenvalue weighted by atomic mass is 16.6. The van der Waals surface area contributed by atoms with Gasteiger partial charge in [0.25, 0.3) is 0 Å². The molecule has 1 aromatic carbocycles. The molecule has 136 valence electrons. The van der Waals surface area contributed by atoms with Gasteiger partial charge in [-0.15, -0.1) is 0 Å². The number of fused-ring (bicyclic) bond motifs is 1. The monoisotopic (exact) mass is 362 g/mol. The first-order valence-corrected chi connectivity index (χ1v) is 8.58. The summed E-state index contributed by atoms with van der Waals surface area (Å²) in [5.74, 6) is 1.65. The number of carbonyl (C=O) groups is 1. The van der Waals surface area contributed by atoms with Crippen molar-refractivity contribution in [1.29, 1.82) is 0 Å². The molecule has 2 aromatic heterocycles. The normalized spacial score (nSPS) is 12.9. The van der Waals surface area contributed by atoms with Crippen molar-refractivity contribution in [1.82, 2.24) is 14.8 Å². The van der Waals surface area contributed by atoms with Gasteiger partial charge in [0.05, 0.1) is 12.2 Å². The van der Waals surface area contributed by atoms with E-state index < -0.39 is 0 Å². The molecule has 3 heterocycles. The Labute approximate surface area is 156 Å². The summed E-state index contributed by atoms with van der Waals surface area (Å²) in [4.78, 5) is 16.4. The number of carbonyl (C=O) groups excluding carboxylic acids is 1. The maximum absolute atomic E-state index is 12.1. The maximum Gasteiger partial charge on any atom is 0.249 e. The summed E-state index contributed by atoms with van der Waals surface area (Å²) in [5, 5.41) is 7.08. The van der Waals surface area contributed by atoms with E-state index in [0.29, 0.717) is 31.3 Å². The van der Waals surface area contributed by atoms with Crippen LogP contribution in [0.3, 0.4) is 0 Å². The minimum Gasteiger partial charge on any atom is -0.486 e. The molecule has 4 rings (SSSR count). The van der Waals surface area contributed by atoms with E-state index in [9.17, 15) is 4.79 Å². The van der Waals surface area contributed by atoms with Gasteiger partial charge in [-0.25, -0.2) is 0 Å². The fraction of sp³-hybridized carbons (Fsp3) is 0.150. The molecule has 0 aliphatic carbocycles. The lowest BCUT2D eigenvalue weighted by Crippen LogP contribution is -2.15. The highest BCUT2D eigenvalue weighted by Gasteiger charge is 2.11. The fourth-order valence-electron chi connectivity index (χ4n) is 2.68. The van der Waals surface area contributed by atoms with Crippen LogP contribution < -0.4 is 14.8 Å². The Morgan fingerprint density at radius 3 is 2.89 bits per heavy atom.